The minimum absolute atomic E-state index is 0.0408. The molecule has 1 unspecified atom stereocenters. The number of halogens is 2. The van der Waals surface area contributed by atoms with Crippen LogP contribution >= 0.6 is 11.8 Å². The molecule has 4 aromatic rings. The standard InChI is InChI=1S/C34H29F2N3O3S/c1-20-15-33(25-8-5-9-28-23(25)14-22-10-11-26(35)29(36)24(22)18-43-28)19-34(33)37-39-13-12-27(40)31(30(39)32(41)38(34)16-20)42-17-21-6-3-2-4-7-21/h2-13,20,37H,14-19H2,1H3/t20-,33?,34+/m1/s1. The number of carbonyl (C=O) groups excluding carboxylic acids is 1. The molecule has 4 heterocycles. The highest BCUT2D eigenvalue weighted by molar-refractivity contribution is 7.98. The van der Waals surface area contributed by atoms with Crippen molar-refractivity contribution in [2.75, 3.05) is 12.0 Å². The SMILES string of the molecule is C[C@H]1CN2C(=O)c3c(OCc4ccccc4)c(=O)ccn3N[C@@]23CC3(c2cccc3c2Cc2ccc(F)c(F)c2CS3)C1. The Balaban J connectivity index is 1.21. The Morgan fingerprint density at radius 2 is 1.86 bits per heavy atom. The zero-order valence-corrected chi connectivity index (χ0v) is 24.3. The topological polar surface area (TPSA) is 63.6 Å². The summed E-state index contributed by atoms with van der Waals surface area (Å²) < 4.78 is 36.6. The summed E-state index contributed by atoms with van der Waals surface area (Å²) in [4.78, 5) is 30.3. The van der Waals surface area contributed by atoms with Gasteiger partial charge in [-0.25, -0.2) is 8.78 Å². The Hall–Kier alpha value is -4.11. The lowest BCUT2D eigenvalue weighted by Gasteiger charge is -2.48. The Kier molecular flexibility index (Phi) is 5.82. The number of aromatic nitrogens is 1. The molecule has 218 valence electrons. The summed E-state index contributed by atoms with van der Waals surface area (Å²) in [6.45, 7) is 2.87. The van der Waals surface area contributed by atoms with E-state index in [1.807, 2.05) is 41.3 Å². The second-order valence-electron chi connectivity index (χ2n) is 12.2. The van der Waals surface area contributed by atoms with Crippen molar-refractivity contribution in [3.63, 3.8) is 0 Å². The molecule has 1 spiro atoms. The van der Waals surface area contributed by atoms with Gasteiger partial charge >= 0.3 is 0 Å². The van der Waals surface area contributed by atoms with E-state index in [0.717, 1.165) is 33.6 Å². The minimum atomic E-state index is -0.823. The maximum atomic E-state index is 14.8. The van der Waals surface area contributed by atoms with Crippen molar-refractivity contribution in [2.24, 2.45) is 5.92 Å². The Morgan fingerprint density at radius 1 is 1.02 bits per heavy atom. The van der Waals surface area contributed by atoms with Gasteiger partial charge in [0.2, 0.25) is 5.43 Å². The first kappa shape index (κ1) is 26.5. The van der Waals surface area contributed by atoms with Crippen molar-refractivity contribution in [1.29, 1.82) is 0 Å². The molecule has 3 aliphatic heterocycles. The van der Waals surface area contributed by atoms with Crippen molar-refractivity contribution in [3.8, 4) is 5.75 Å². The molecule has 1 saturated heterocycles. The van der Waals surface area contributed by atoms with Crippen molar-refractivity contribution in [3.05, 3.63) is 128 Å². The van der Waals surface area contributed by atoms with Gasteiger partial charge in [0.05, 0.1) is 0 Å². The lowest BCUT2D eigenvalue weighted by atomic mass is 9.77. The average molecular weight is 598 g/mol. The number of piperidine rings is 1. The fourth-order valence-corrected chi connectivity index (χ4v) is 8.78. The molecule has 43 heavy (non-hydrogen) atoms. The van der Waals surface area contributed by atoms with Crippen LogP contribution in [0.5, 0.6) is 5.75 Å². The minimum Gasteiger partial charge on any atom is -0.482 e. The fourth-order valence-electron chi connectivity index (χ4n) is 7.64. The molecule has 2 fully saturated rings. The number of pyridine rings is 1. The van der Waals surface area contributed by atoms with Crippen molar-refractivity contribution in [1.82, 2.24) is 9.58 Å². The highest BCUT2D eigenvalue weighted by Crippen LogP contribution is 2.68. The smallest absolute Gasteiger partial charge is 0.278 e. The molecule has 6 nitrogen and oxygen atoms in total. The van der Waals surface area contributed by atoms with E-state index in [0.29, 0.717) is 30.7 Å². The molecule has 1 aromatic heterocycles. The van der Waals surface area contributed by atoms with E-state index in [9.17, 15) is 18.4 Å². The number of hydrogen-bond acceptors (Lipinski definition) is 5. The van der Waals surface area contributed by atoms with E-state index in [1.54, 1.807) is 16.9 Å². The summed E-state index contributed by atoms with van der Waals surface area (Å²) in [6.07, 6.45) is 3.68. The van der Waals surface area contributed by atoms with E-state index in [-0.39, 0.29) is 40.7 Å². The predicted octanol–water partition coefficient (Wildman–Crippen LogP) is 5.98. The summed E-state index contributed by atoms with van der Waals surface area (Å²) in [5.41, 5.74) is 6.80. The van der Waals surface area contributed by atoms with Crippen LogP contribution in [0.2, 0.25) is 0 Å². The highest BCUT2D eigenvalue weighted by Gasteiger charge is 2.76. The first-order chi connectivity index (χ1) is 20.8. The highest BCUT2D eigenvalue weighted by atomic mass is 32.2. The zero-order chi connectivity index (χ0) is 29.5. The number of nitrogens with one attached hydrogen (secondary N) is 1. The third-order valence-corrected chi connectivity index (χ3v) is 10.7. The fraction of sp³-hybridized carbons (Fsp3) is 0.294. The summed E-state index contributed by atoms with van der Waals surface area (Å²) in [6, 6.07) is 20.1. The number of hydrogen-bond donors (Lipinski definition) is 1. The second-order valence-corrected chi connectivity index (χ2v) is 13.2. The number of rotatable bonds is 4. The van der Waals surface area contributed by atoms with Gasteiger partial charge in [-0.15, -0.1) is 11.8 Å². The molecule has 1 aliphatic carbocycles. The lowest BCUT2D eigenvalue weighted by molar-refractivity contribution is 0.0420. The van der Waals surface area contributed by atoms with Crippen LogP contribution in [0.15, 0.2) is 82.6 Å². The molecule has 3 aromatic carbocycles. The molecule has 0 radical (unpaired) electrons. The lowest BCUT2D eigenvalue weighted by Crippen LogP contribution is -2.63. The van der Waals surface area contributed by atoms with Gasteiger partial charge in [-0.2, -0.15) is 0 Å². The molecule has 1 saturated carbocycles. The van der Waals surface area contributed by atoms with Gasteiger partial charge < -0.3 is 9.64 Å². The van der Waals surface area contributed by atoms with Gasteiger partial charge in [0.15, 0.2) is 23.1 Å². The number of thioether (sulfide) groups is 1. The molecule has 9 heteroatoms. The van der Waals surface area contributed by atoms with Crippen LogP contribution in [0.3, 0.4) is 0 Å². The quantitative estimate of drug-likeness (QED) is 0.314. The number of nitrogens with zero attached hydrogens (tertiary/aromatic N) is 2. The van der Waals surface area contributed by atoms with E-state index in [1.165, 1.54) is 23.9 Å². The van der Waals surface area contributed by atoms with Crippen LogP contribution in [0.4, 0.5) is 8.78 Å². The van der Waals surface area contributed by atoms with E-state index < -0.39 is 17.3 Å². The van der Waals surface area contributed by atoms with Crippen LogP contribution in [-0.4, -0.2) is 27.7 Å². The number of amides is 1. The van der Waals surface area contributed by atoms with E-state index in [4.69, 9.17) is 4.74 Å². The summed E-state index contributed by atoms with van der Waals surface area (Å²) in [5, 5.41) is 0. The van der Waals surface area contributed by atoms with Gasteiger partial charge in [0.1, 0.15) is 12.3 Å². The third-order valence-electron chi connectivity index (χ3n) is 9.59. The molecular formula is C34H29F2N3O3S. The van der Waals surface area contributed by atoms with Crippen LogP contribution in [0.25, 0.3) is 0 Å². The first-order valence-electron chi connectivity index (χ1n) is 14.5. The Bertz CT molecular complexity index is 1880. The second kappa shape index (κ2) is 9.44. The van der Waals surface area contributed by atoms with Crippen LogP contribution < -0.4 is 15.6 Å². The zero-order valence-electron chi connectivity index (χ0n) is 23.5. The number of ether oxygens (including phenoxy) is 1. The Labute approximate surface area is 251 Å². The molecule has 1 N–H and O–H groups in total. The Morgan fingerprint density at radius 3 is 2.70 bits per heavy atom. The predicted molar refractivity (Wildman–Crippen MR) is 160 cm³/mol. The van der Waals surface area contributed by atoms with Crippen LogP contribution in [0, 0.1) is 17.6 Å². The molecule has 3 atom stereocenters. The van der Waals surface area contributed by atoms with Gasteiger partial charge in [-0.3, -0.25) is 19.7 Å². The molecule has 0 bridgehead atoms. The molecule has 1 amide bonds. The van der Waals surface area contributed by atoms with Gasteiger partial charge in [0, 0.05) is 46.9 Å². The van der Waals surface area contributed by atoms with Crippen molar-refractivity contribution >= 4 is 17.7 Å². The van der Waals surface area contributed by atoms with Gasteiger partial charge in [0.25, 0.3) is 5.91 Å². The monoisotopic (exact) mass is 597 g/mol. The summed E-state index contributed by atoms with van der Waals surface area (Å²) in [7, 11) is 0. The maximum absolute atomic E-state index is 14.8. The molecule has 8 rings (SSSR count). The van der Waals surface area contributed by atoms with Crippen LogP contribution in [-0.2, 0) is 24.2 Å². The molecular weight excluding hydrogens is 568 g/mol. The first-order valence-corrected chi connectivity index (χ1v) is 15.5. The average Bonchev–Trinajstić information content (AvgIpc) is 3.71. The largest absolute Gasteiger partial charge is 0.482 e. The molecule has 4 aliphatic rings. The normalized spacial score (nSPS) is 24.9. The van der Waals surface area contributed by atoms with Gasteiger partial charge in [-0.05, 0) is 53.1 Å². The maximum Gasteiger partial charge on any atom is 0.278 e. The van der Waals surface area contributed by atoms with Gasteiger partial charge in [-0.1, -0.05) is 55.5 Å². The van der Waals surface area contributed by atoms with E-state index in [2.05, 4.69) is 24.5 Å². The number of benzene rings is 3. The van der Waals surface area contributed by atoms with Crippen molar-refractivity contribution in [2.45, 2.75) is 54.5 Å². The third kappa shape index (κ3) is 3.83. The number of carbonyl (C=O) groups is 1. The van der Waals surface area contributed by atoms with Crippen molar-refractivity contribution < 1.29 is 18.3 Å². The van der Waals surface area contributed by atoms with E-state index >= 15 is 0 Å². The van der Waals surface area contributed by atoms with Crippen LogP contribution in [0.1, 0.15) is 58.1 Å². The summed E-state index contributed by atoms with van der Waals surface area (Å²) >= 11 is 1.53. The number of fused-ring (bicyclic) bond motifs is 3. The summed E-state index contributed by atoms with van der Waals surface area (Å²) in [5.74, 6) is -1.22.